The number of hydrogen-bond acceptors (Lipinski definition) is 3. The average Bonchev–Trinajstić information content (AvgIpc) is 2.49. The first-order valence-corrected chi connectivity index (χ1v) is 8.32. The predicted octanol–water partition coefficient (Wildman–Crippen LogP) is 5.01. The molecule has 0 aliphatic carbocycles. The van der Waals surface area contributed by atoms with Gasteiger partial charge in [0.1, 0.15) is 0 Å². The minimum Gasteiger partial charge on any atom is -0.490 e. The van der Waals surface area contributed by atoms with E-state index in [1.807, 2.05) is 19.9 Å². The van der Waals surface area contributed by atoms with Gasteiger partial charge in [-0.05, 0) is 38.3 Å². The van der Waals surface area contributed by atoms with Crippen molar-refractivity contribution in [2.75, 3.05) is 19.8 Å². The summed E-state index contributed by atoms with van der Waals surface area (Å²) in [5, 5.41) is 0. The minimum absolute atomic E-state index is 0.612. The van der Waals surface area contributed by atoms with Crippen LogP contribution in [0.2, 0.25) is 0 Å². The molecule has 0 aliphatic heterocycles. The van der Waals surface area contributed by atoms with Crippen molar-refractivity contribution < 1.29 is 14.2 Å². The van der Waals surface area contributed by atoms with Crippen LogP contribution in [0.3, 0.4) is 0 Å². The van der Waals surface area contributed by atoms with Crippen LogP contribution in [-0.4, -0.2) is 19.8 Å². The summed E-state index contributed by atoms with van der Waals surface area (Å²) in [6.45, 7) is 10.3. The zero-order chi connectivity index (χ0) is 15.5. The molecule has 0 saturated heterocycles. The number of unbranched alkanes of at least 4 members (excludes halogenated alkanes) is 2. The maximum Gasteiger partial charge on any atom is 0.203 e. The molecular formula is C18H30O3. The lowest BCUT2D eigenvalue weighted by molar-refractivity contribution is 0.250. The van der Waals surface area contributed by atoms with E-state index in [1.54, 1.807) is 0 Å². The fourth-order valence-electron chi connectivity index (χ4n) is 2.28. The lowest BCUT2D eigenvalue weighted by atomic mass is 10.1. The quantitative estimate of drug-likeness (QED) is 0.537. The molecule has 0 spiro atoms. The zero-order valence-corrected chi connectivity index (χ0v) is 14.0. The van der Waals surface area contributed by atoms with Crippen molar-refractivity contribution in [1.82, 2.24) is 0 Å². The van der Waals surface area contributed by atoms with Gasteiger partial charge >= 0.3 is 0 Å². The number of benzene rings is 1. The van der Waals surface area contributed by atoms with Crippen molar-refractivity contribution in [3.05, 3.63) is 17.7 Å². The molecule has 3 nitrogen and oxygen atoms in total. The maximum atomic E-state index is 5.91. The molecule has 0 saturated carbocycles. The Morgan fingerprint density at radius 2 is 1.48 bits per heavy atom. The highest BCUT2D eigenvalue weighted by atomic mass is 16.5. The topological polar surface area (TPSA) is 27.7 Å². The molecule has 21 heavy (non-hydrogen) atoms. The molecular weight excluding hydrogens is 264 g/mol. The van der Waals surface area contributed by atoms with Crippen LogP contribution < -0.4 is 14.2 Å². The molecule has 0 amide bonds. The Labute approximate surface area is 129 Å². The molecule has 3 heteroatoms. The van der Waals surface area contributed by atoms with E-state index in [1.165, 1.54) is 18.4 Å². The van der Waals surface area contributed by atoms with Crippen LogP contribution >= 0.6 is 0 Å². The summed E-state index contributed by atoms with van der Waals surface area (Å²) >= 11 is 0. The smallest absolute Gasteiger partial charge is 0.203 e. The third kappa shape index (κ3) is 5.49. The first kappa shape index (κ1) is 17.7. The highest BCUT2D eigenvalue weighted by molar-refractivity contribution is 5.56. The van der Waals surface area contributed by atoms with Crippen molar-refractivity contribution in [3.63, 3.8) is 0 Å². The van der Waals surface area contributed by atoms with E-state index in [9.17, 15) is 0 Å². The average molecular weight is 294 g/mol. The van der Waals surface area contributed by atoms with E-state index in [0.29, 0.717) is 13.2 Å². The number of hydrogen-bond donors (Lipinski definition) is 0. The van der Waals surface area contributed by atoms with Crippen molar-refractivity contribution in [3.8, 4) is 17.2 Å². The summed E-state index contributed by atoms with van der Waals surface area (Å²) in [7, 11) is 0. The molecule has 0 radical (unpaired) electrons. The Kier molecular flexibility index (Phi) is 8.72. The highest BCUT2D eigenvalue weighted by Crippen LogP contribution is 2.41. The van der Waals surface area contributed by atoms with Gasteiger partial charge in [-0.15, -0.1) is 0 Å². The van der Waals surface area contributed by atoms with E-state index in [4.69, 9.17) is 14.2 Å². The van der Waals surface area contributed by atoms with E-state index in [0.717, 1.165) is 43.1 Å². The van der Waals surface area contributed by atoms with Crippen molar-refractivity contribution in [2.45, 2.75) is 59.8 Å². The van der Waals surface area contributed by atoms with Crippen molar-refractivity contribution in [2.24, 2.45) is 0 Å². The Morgan fingerprint density at radius 1 is 0.762 bits per heavy atom. The predicted molar refractivity (Wildman–Crippen MR) is 87.8 cm³/mol. The summed E-state index contributed by atoms with van der Waals surface area (Å²) in [4.78, 5) is 0. The van der Waals surface area contributed by atoms with E-state index >= 15 is 0 Å². The second-order valence-corrected chi connectivity index (χ2v) is 5.05. The summed E-state index contributed by atoms with van der Waals surface area (Å²) in [6.07, 6.45) is 5.54. The molecule has 1 rings (SSSR count). The Balaban J connectivity index is 2.97. The van der Waals surface area contributed by atoms with Gasteiger partial charge in [-0.1, -0.05) is 39.2 Å². The summed E-state index contributed by atoms with van der Waals surface area (Å²) in [6, 6.07) is 4.12. The van der Waals surface area contributed by atoms with E-state index in [-0.39, 0.29) is 0 Å². The van der Waals surface area contributed by atoms with Crippen molar-refractivity contribution >= 4 is 0 Å². The summed E-state index contributed by atoms with van der Waals surface area (Å²) in [5.74, 6) is 2.42. The van der Waals surface area contributed by atoms with Crippen LogP contribution in [0, 0.1) is 0 Å². The van der Waals surface area contributed by atoms with E-state index < -0.39 is 0 Å². The third-order valence-electron chi connectivity index (χ3n) is 3.26. The molecule has 0 heterocycles. The van der Waals surface area contributed by atoms with Gasteiger partial charge in [-0.3, -0.25) is 0 Å². The fraction of sp³-hybridized carbons (Fsp3) is 0.667. The molecule has 0 bridgehead atoms. The standard InChI is InChI=1S/C18H30O3/c1-5-9-10-14-21-16-13-12-15(11-6-2)17(19-7-3)18(16)20-8-4/h12-13H,5-11,14H2,1-4H3. The largest absolute Gasteiger partial charge is 0.490 e. The van der Waals surface area contributed by atoms with Gasteiger partial charge in [-0.25, -0.2) is 0 Å². The fourth-order valence-corrected chi connectivity index (χ4v) is 2.28. The first-order valence-electron chi connectivity index (χ1n) is 8.32. The lowest BCUT2D eigenvalue weighted by Gasteiger charge is -2.18. The monoisotopic (exact) mass is 294 g/mol. The van der Waals surface area contributed by atoms with E-state index in [2.05, 4.69) is 19.9 Å². The number of aryl methyl sites for hydroxylation is 1. The van der Waals surface area contributed by atoms with Gasteiger partial charge in [0.05, 0.1) is 19.8 Å². The Morgan fingerprint density at radius 3 is 2.10 bits per heavy atom. The molecule has 1 aromatic carbocycles. The molecule has 0 unspecified atom stereocenters. The molecule has 0 atom stereocenters. The van der Waals surface area contributed by atoms with Crippen LogP contribution in [0.1, 0.15) is 58.9 Å². The van der Waals surface area contributed by atoms with Gasteiger partial charge in [0, 0.05) is 0 Å². The van der Waals surface area contributed by atoms with Crippen molar-refractivity contribution in [1.29, 1.82) is 0 Å². The van der Waals surface area contributed by atoms with Crippen LogP contribution in [0.15, 0.2) is 12.1 Å². The van der Waals surface area contributed by atoms with Crippen LogP contribution in [0.5, 0.6) is 17.2 Å². The lowest BCUT2D eigenvalue weighted by Crippen LogP contribution is -2.05. The normalized spacial score (nSPS) is 10.5. The number of rotatable bonds is 11. The van der Waals surface area contributed by atoms with Crippen LogP contribution in [0.4, 0.5) is 0 Å². The molecule has 1 aromatic rings. The number of ether oxygens (including phenoxy) is 3. The zero-order valence-electron chi connectivity index (χ0n) is 14.0. The minimum atomic E-state index is 0.612. The molecule has 120 valence electrons. The van der Waals surface area contributed by atoms with Crippen LogP contribution in [-0.2, 0) is 6.42 Å². The van der Waals surface area contributed by atoms with Crippen LogP contribution in [0.25, 0.3) is 0 Å². The SMILES string of the molecule is CCCCCOc1ccc(CCC)c(OCC)c1OCC. The third-order valence-corrected chi connectivity index (χ3v) is 3.26. The maximum absolute atomic E-state index is 5.91. The van der Waals surface area contributed by atoms with Gasteiger partial charge < -0.3 is 14.2 Å². The Hall–Kier alpha value is -1.38. The Bertz CT molecular complexity index is 402. The molecule has 0 fully saturated rings. The first-order chi connectivity index (χ1) is 10.3. The van der Waals surface area contributed by atoms with Gasteiger partial charge in [0.25, 0.3) is 0 Å². The molecule has 0 aliphatic rings. The van der Waals surface area contributed by atoms with Gasteiger partial charge in [-0.2, -0.15) is 0 Å². The summed E-state index contributed by atoms with van der Waals surface area (Å²) in [5.41, 5.74) is 1.20. The second-order valence-electron chi connectivity index (χ2n) is 5.05. The molecule has 0 N–H and O–H groups in total. The second kappa shape index (κ2) is 10.4. The summed E-state index contributed by atoms with van der Waals surface area (Å²) < 4.78 is 17.6. The highest BCUT2D eigenvalue weighted by Gasteiger charge is 2.16. The molecule has 0 aromatic heterocycles. The van der Waals surface area contributed by atoms with Gasteiger partial charge in [0.2, 0.25) is 5.75 Å². The van der Waals surface area contributed by atoms with Gasteiger partial charge in [0.15, 0.2) is 11.5 Å².